The lowest BCUT2D eigenvalue weighted by atomic mass is 10.1. The number of imidazole rings is 1. The molecule has 0 saturated carbocycles. The standard InChI is InChI=1S/C30H23ClN8O2/c31-22-16-18(5-10-25(22)40)30(41)36-23-8-4-17-15-19(6-7-20(17)23)39-28(21-3-1-12-33-27(21)32)35-24-9-11-26(37-29(24)39)38-14-2-13-34-38/h1-3,5-7,9-16,23,40H,4,8H2,(H2,32,33)(H,36,41)/t23-/m0/s1. The molecule has 0 saturated heterocycles. The van der Waals surface area contributed by atoms with Crippen LogP contribution in [0.4, 0.5) is 5.82 Å². The highest BCUT2D eigenvalue weighted by molar-refractivity contribution is 6.32. The summed E-state index contributed by atoms with van der Waals surface area (Å²) < 4.78 is 3.69. The number of carbonyl (C=O) groups excluding carboxylic acids is 1. The number of nitrogen functional groups attached to an aromatic ring is 1. The number of anilines is 1. The first-order valence-electron chi connectivity index (χ1n) is 13.0. The van der Waals surface area contributed by atoms with Gasteiger partial charge in [0, 0.05) is 29.8 Å². The smallest absolute Gasteiger partial charge is 0.251 e. The number of nitrogens with two attached hydrogens (primary N) is 1. The van der Waals surface area contributed by atoms with E-state index in [-0.39, 0.29) is 22.7 Å². The number of halogens is 1. The van der Waals surface area contributed by atoms with Gasteiger partial charge >= 0.3 is 0 Å². The average molecular weight is 563 g/mol. The van der Waals surface area contributed by atoms with Crippen molar-refractivity contribution in [3.8, 4) is 28.6 Å². The quantitative estimate of drug-likeness (QED) is 0.268. The van der Waals surface area contributed by atoms with Crippen LogP contribution >= 0.6 is 11.6 Å². The molecule has 0 aliphatic heterocycles. The van der Waals surface area contributed by atoms with Gasteiger partial charge in [0.15, 0.2) is 17.3 Å². The van der Waals surface area contributed by atoms with Gasteiger partial charge in [-0.2, -0.15) is 5.10 Å². The molecule has 4 heterocycles. The summed E-state index contributed by atoms with van der Waals surface area (Å²) in [4.78, 5) is 27.0. The SMILES string of the molecule is Nc1ncccc1-c1nc2ccc(-n3cccn3)nc2n1-c1ccc2c(c1)CC[C@@H]2NC(=O)c1ccc(O)c(Cl)c1. The van der Waals surface area contributed by atoms with E-state index >= 15 is 0 Å². The molecule has 4 aromatic heterocycles. The molecule has 41 heavy (non-hydrogen) atoms. The minimum absolute atomic E-state index is 0.0624. The number of pyridine rings is 2. The number of nitrogens with one attached hydrogen (secondary N) is 1. The highest BCUT2D eigenvalue weighted by atomic mass is 35.5. The number of aromatic nitrogens is 6. The van der Waals surface area contributed by atoms with E-state index in [0.29, 0.717) is 39.8 Å². The Balaban J connectivity index is 1.30. The number of nitrogens with zero attached hydrogens (tertiary/aromatic N) is 6. The summed E-state index contributed by atoms with van der Waals surface area (Å²) in [6.07, 6.45) is 6.73. The third kappa shape index (κ3) is 4.34. The Bertz CT molecular complexity index is 1950. The predicted octanol–water partition coefficient (Wildman–Crippen LogP) is 5.03. The van der Waals surface area contributed by atoms with Crippen LogP contribution < -0.4 is 11.1 Å². The third-order valence-corrected chi connectivity index (χ3v) is 7.59. The molecule has 4 N–H and O–H groups in total. The molecule has 0 radical (unpaired) electrons. The summed E-state index contributed by atoms with van der Waals surface area (Å²) in [5, 5.41) is 17.3. The maximum absolute atomic E-state index is 12.9. The van der Waals surface area contributed by atoms with Crippen LogP contribution in [0, 0.1) is 0 Å². The number of amides is 1. The number of phenolic OH excluding ortho intramolecular Hbond substituents is 1. The summed E-state index contributed by atoms with van der Waals surface area (Å²) >= 11 is 6.01. The number of hydrogen-bond acceptors (Lipinski definition) is 7. The Morgan fingerprint density at radius 3 is 2.76 bits per heavy atom. The molecule has 0 fully saturated rings. The number of benzene rings is 2. The van der Waals surface area contributed by atoms with E-state index in [2.05, 4.69) is 21.5 Å². The summed E-state index contributed by atoms with van der Waals surface area (Å²) in [6.45, 7) is 0. The van der Waals surface area contributed by atoms with E-state index in [1.54, 1.807) is 23.1 Å². The number of aromatic hydroxyl groups is 1. The number of fused-ring (bicyclic) bond motifs is 2. The first-order chi connectivity index (χ1) is 20.0. The molecular weight excluding hydrogens is 540 g/mol. The number of phenols is 1. The first kappa shape index (κ1) is 24.8. The normalized spacial score (nSPS) is 14.3. The second-order valence-corrected chi connectivity index (χ2v) is 10.2. The van der Waals surface area contributed by atoms with E-state index in [0.717, 1.165) is 29.7 Å². The van der Waals surface area contributed by atoms with E-state index in [1.165, 1.54) is 12.1 Å². The van der Waals surface area contributed by atoms with Gasteiger partial charge in [0.1, 0.15) is 17.1 Å². The Labute approximate surface area is 239 Å². The molecule has 11 heteroatoms. The monoisotopic (exact) mass is 562 g/mol. The van der Waals surface area contributed by atoms with Crippen molar-refractivity contribution in [2.45, 2.75) is 18.9 Å². The molecule has 1 amide bonds. The van der Waals surface area contributed by atoms with Crippen LogP contribution in [-0.4, -0.2) is 40.3 Å². The number of carbonyl (C=O) groups is 1. The van der Waals surface area contributed by atoms with E-state index in [1.807, 2.05) is 53.2 Å². The predicted molar refractivity (Wildman–Crippen MR) is 155 cm³/mol. The maximum atomic E-state index is 12.9. The Kier molecular flexibility index (Phi) is 5.90. The minimum atomic E-state index is -0.251. The van der Waals surface area contributed by atoms with Crippen molar-refractivity contribution in [3.05, 3.63) is 107 Å². The maximum Gasteiger partial charge on any atom is 0.251 e. The Morgan fingerprint density at radius 2 is 1.95 bits per heavy atom. The van der Waals surface area contributed by atoms with Gasteiger partial charge < -0.3 is 16.2 Å². The van der Waals surface area contributed by atoms with Crippen molar-refractivity contribution in [2.24, 2.45) is 0 Å². The molecule has 7 rings (SSSR count). The highest BCUT2D eigenvalue weighted by Crippen LogP contribution is 2.36. The second kappa shape index (κ2) is 9.76. The van der Waals surface area contributed by atoms with Gasteiger partial charge in [0.2, 0.25) is 0 Å². The lowest BCUT2D eigenvalue weighted by Gasteiger charge is -2.16. The van der Waals surface area contributed by atoms with Crippen LogP contribution in [0.5, 0.6) is 5.75 Å². The van der Waals surface area contributed by atoms with Gasteiger partial charge in [0.25, 0.3) is 5.91 Å². The summed E-state index contributed by atoms with van der Waals surface area (Å²) in [7, 11) is 0. The zero-order chi connectivity index (χ0) is 28.1. The molecular formula is C30H23ClN8O2. The van der Waals surface area contributed by atoms with E-state index in [9.17, 15) is 9.90 Å². The molecule has 1 atom stereocenters. The Hall–Kier alpha value is -5.22. The number of rotatable bonds is 5. The van der Waals surface area contributed by atoms with Gasteiger partial charge in [-0.25, -0.2) is 19.6 Å². The van der Waals surface area contributed by atoms with Crippen LogP contribution in [0.25, 0.3) is 34.1 Å². The zero-order valence-electron chi connectivity index (χ0n) is 21.6. The largest absolute Gasteiger partial charge is 0.506 e. The molecule has 6 aromatic rings. The summed E-state index contributed by atoms with van der Waals surface area (Å²) in [5.74, 6) is 1.34. The fourth-order valence-electron chi connectivity index (χ4n) is 5.29. The third-order valence-electron chi connectivity index (χ3n) is 7.29. The van der Waals surface area contributed by atoms with E-state index < -0.39 is 0 Å². The van der Waals surface area contributed by atoms with Crippen molar-refractivity contribution in [1.29, 1.82) is 0 Å². The fourth-order valence-corrected chi connectivity index (χ4v) is 5.47. The Morgan fingerprint density at radius 1 is 1.05 bits per heavy atom. The molecule has 202 valence electrons. The lowest BCUT2D eigenvalue weighted by molar-refractivity contribution is 0.0936. The minimum Gasteiger partial charge on any atom is -0.506 e. The first-order valence-corrected chi connectivity index (χ1v) is 13.4. The van der Waals surface area contributed by atoms with Crippen LogP contribution in [0.2, 0.25) is 5.02 Å². The zero-order valence-corrected chi connectivity index (χ0v) is 22.3. The van der Waals surface area contributed by atoms with Crippen LogP contribution in [0.1, 0.15) is 33.9 Å². The van der Waals surface area contributed by atoms with Crippen molar-refractivity contribution < 1.29 is 9.90 Å². The molecule has 1 aliphatic rings. The van der Waals surface area contributed by atoms with Crippen molar-refractivity contribution in [3.63, 3.8) is 0 Å². The molecule has 10 nitrogen and oxygen atoms in total. The highest BCUT2D eigenvalue weighted by Gasteiger charge is 2.26. The van der Waals surface area contributed by atoms with Gasteiger partial charge in [-0.1, -0.05) is 17.7 Å². The van der Waals surface area contributed by atoms with E-state index in [4.69, 9.17) is 27.3 Å². The number of aryl methyl sites for hydroxylation is 1. The molecule has 0 bridgehead atoms. The molecule has 0 spiro atoms. The van der Waals surface area contributed by atoms with Crippen molar-refractivity contribution >= 4 is 34.5 Å². The van der Waals surface area contributed by atoms with Crippen LogP contribution in [0.3, 0.4) is 0 Å². The number of hydrogen-bond donors (Lipinski definition) is 3. The van der Waals surface area contributed by atoms with Crippen LogP contribution in [-0.2, 0) is 6.42 Å². The fraction of sp³-hybridized carbons (Fsp3) is 0.100. The summed E-state index contributed by atoms with van der Waals surface area (Å²) in [5.41, 5.74) is 11.8. The van der Waals surface area contributed by atoms with Crippen molar-refractivity contribution in [1.82, 2.24) is 34.6 Å². The lowest BCUT2D eigenvalue weighted by Crippen LogP contribution is -2.27. The molecule has 0 unspecified atom stereocenters. The van der Waals surface area contributed by atoms with Gasteiger partial charge in [-0.3, -0.25) is 9.36 Å². The van der Waals surface area contributed by atoms with Crippen molar-refractivity contribution in [2.75, 3.05) is 5.73 Å². The van der Waals surface area contributed by atoms with Gasteiger partial charge in [-0.15, -0.1) is 0 Å². The molecule has 2 aromatic carbocycles. The summed E-state index contributed by atoms with van der Waals surface area (Å²) in [6, 6.07) is 19.8. The van der Waals surface area contributed by atoms with Gasteiger partial charge in [0.05, 0.1) is 16.6 Å². The second-order valence-electron chi connectivity index (χ2n) is 9.78. The average Bonchev–Trinajstić information content (AvgIpc) is 3.73. The molecule has 1 aliphatic carbocycles. The topological polar surface area (TPSA) is 137 Å². The van der Waals surface area contributed by atoms with Crippen LogP contribution in [0.15, 0.2) is 85.3 Å². The van der Waals surface area contributed by atoms with Gasteiger partial charge in [-0.05, 0) is 84.6 Å².